The molecule has 0 spiro atoms. The zero-order valence-corrected chi connectivity index (χ0v) is 14.6. The number of carbonyl (C=O) groups excluding carboxylic acids is 1. The highest BCUT2D eigenvalue weighted by molar-refractivity contribution is 6.30. The second-order valence-electron chi connectivity index (χ2n) is 6.76. The zero-order valence-electron chi connectivity index (χ0n) is 13.9. The summed E-state index contributed by atoms with van der Waals surface area (Å²) in [6.45, 7) is 7.11. The molecule has 1 saturated heterocycles. The number of nitrogens with zero attached hydrogens (tertiary/aromatic N) is 2. The quantitative estimate of drug-likeness (QED) is 0.823. The molecule has 1 atom stereocenters. The number of hydrogen-bond donors (Lipinski definition) is 0. The van der Waals surface area contributed by atoms with Gasteiger partial charge in [-0.1, -0.05) is 37.6 Å². The van der Waals surface area contributed by atoms with Crippen LogP contribution in [0.5, 0.6) is 0 Å². The average Bonchev–Trinajstić information content (AvgIpc) is 2.64. The fourth-order valence-electron chi connectivity index (χ4n) is 3.17. The van der Waals surface area contributed by atoms with Crippen LogP contribution in [0.25, 0.3) is 0 Å². The van der Waals surface area contributed by atoms with Crippen LogP contribution in [0.15, 0.2) is 24.3 Å². The van der Waals surface area contributed by atoms with E-state index in [0.29, 0.717) is 24.9 Å². The van der Waals surface area contributed by atoms with E-state index >= 15 is 0 Å². The second kappa shape index (κ2) is 7.98. The van der Waals surface area contributed by atoms with Crippen LogP contribution < -0.4 is 0 Å². The van der Waals surface area contributed by atoms with E-state index in [4.69, 9.17) is 11.6 Å². The molecule has 0 bridgehead atoms. The van der Waals surface area contributed by atoms with E-state index in [0.717, 1.165) is 36.5 Å². The van der Waals surface area contributed by atoms with E-state index in [2.05, 4.69) is 25.8 Å². The first-order valence-corrected chi connectivity index (χ1v) is 8.56. The van der Waals surface area contributed by atoms with Gasteiger partial charge in [-0.15, -0.1) is 0 Å². The predicted octanol–water partition coefficient (Wildman–Crippen LogP) is 3.81. The lowest BCUT2D eigenvalue weighted by Crippen LogP contribution is -2.35. The Hall–Kier alpha value is -1.06. The van der Waals surface area contributed by atoms with Crippen molar-refractivity contribution in [3.63, 3.8) is 0 Å². The molecule has 2 rings (SSSR count). The minimum atomic E-state index is 0.274. The lowest BCUT2D eigenvalue weighted by atomic mass is 10.1. The Morgan fingerprint density at radius 1 is 1.27 bits per heavy atom. The van der Waals surface area contributed by atoms with Crippen LogP contribution in [-0.4, -0.2) is 41.9 Å². The van der Waals surface area contributed by atoms with Gasteiger partial charge in [0.15, 0.2) is 0 Å². The van der Waals surface area contributed by atoms with Crippen molar-refractivity contribution in [2.24, 2.45) is 5.92 Å². The van der Waals surface area contributed by atoms with Gasteiger partial charge in [-0.2, -0.15) is 0 Å². The molecular formula is C18H27ClN2O. The van der Waals surface area contributed by atoms with Crippen LogP contribution in [0.2, 0.25) is 5.02 Å². The van der Waals surface area contributed by atoms with Crippen LogP contribution >= 0.6 is 11.6 Å². The smallest absolute Gasteiger partial charge is 0.222 e. The molecule has 1 heterocycles. The van der Waals surface area contributed by atoms with Crippen molar-refractivity contribution >= 4 is 17.5 Å². The van der Waals surface area contributed by atoms with Gasteiger partial charge in [-0.25, -0.2) is 0 Å². The lowest BCUT2D eigenvalue weighted by molar-refractivity contribution is -0.131. The van der Waals surface area contributed by atoms with Gasteiger partial charge in [-0.3, -0.25) is 4.79 Å². The highest BCUT2D eigenvalue weighted by atomic mass is 35.5. The summed E-state index contributed by atoms with van der Waals surface area (Å²) in [6, 6.07) is 8.30. The van der Waals surface area contributed by atoms with E-state index in [9.17, 15) is 4.79 Å². The van der Waals surface area contributed by atoms with Crippen LogP contribution in [0, 0.1) is 5.92 Å². The van der Waals surface area contributed by atoms with Crippen molar-refractivity contribution in [3.8, 4) is 0 Å². The highest BCUT2D eigenvalue weighted by Crippen LogP contribution is 2.20. The van der Waals surface area contributed by atoms with E-state index in [1.165, 1.54) is 0 Å². The lowest BCUT2D eigenvalue weighted by Gasteiger charge is -2.28. The standard InChI is InChI=1S/C18H27ClN2O/c1-14(2)12-20(3)17-8-9-18(22)21(11-10-17)13-15-4-6-16(19)7-5-15/h4-7,14,17H,8-13H2,1-3H3. The van der Waals surface area contributed by atoms with Crippen molar-refractivity contribution in [3.05, 3.63) is 34.9 Å². The van der Waals surface area contributed by atoms with Crippen molar-refractivity contribution in [2.45, 2.75) is 45.7 Å². The van der Waals surface area contributed by atoms with Gasteiger partial charge >= 0.3 is 0 Å². The maximum atomic E-state index is 12.4. The van der Waals surface area contributed by atoms with Crippen molar-refractivity contribution in [1.29, 1.82) is 0 Å². The van der Waals surface area contributed by atoms with Crippen LogP contribution in [0.1, 0.15) is 38.7 Å². The Morgan fingerprint density at radius 3 is 2.59 bits per heavy atom. The molecule has 4 heteroatoms. The first-order valence-electron chi connectivity index (χ1n) is 8.18. The van der Waals surface area contributed by atoms with E-state index < -0.39 is 0 Å². The summed E-state index contributed by atoms with van der Waals surface area (Å²) < 4.78 is 0. The summed E-state index contributed by atoms with van der Waals surface area (Å²) in [4.78, 5) is 16.8. The fourth-order valence-corrected chi connectivity index (χ4v) is 3.29. The molecule has 1 aliphatic rings. The molecule has 1 amide bonds. The van der Waals surface area contributed by atoms with Crippen LogP contribution in [0.4, 0.5) is 0 Å². The van der Waals surface area contributed by atoms with E-state index in [1.807, 2.05) is 29.2 Å². The zero-order chi connectivity index (χ0) is 16.1. The average molecular weight is 323 g/mol. The molecule has 1 aromatic rings. The Kier molecular flexibility index (Phi) is 6.27. The summed E-state index contributed by atoms with van der Waals surface area (Å²) in [6.07, 6.45) is 2.68. The van der Waals surface area contributed by atoms with Gasteiger partial charge in [0.1, 0.15) is 0 Å². The topological polar surface area (TPSA) is 23.6 Å². The van der Waals surface area contributed by atoms with E-state index in [1.54, 1.807) is 0 Å². The van der Waals surface area contributed by atoms with E-state index in [-0.39, 0.29) is 5.91 Å². The molecular weight excluding hydrogens is 296 g/mol. The SMILES string of the molecule is CC(C)CN(C)C1CCC(=O)N(Cc2ccc(Cl)cc2)CC1. The molecule has 0 aromatic heterocycles. The highest BCUT2D eigenvalue weighted by Gasteiger charge is 2.25. The number of likely N-dealkylation sites (tertiary alicyclic amines) is 1. The Balaban J connectivity index is 1.94. The first kappa shape index (κ1) is 17.3. The van der Waals surface area contributed by atoms with Gasteiger partial charge in [0.2, 0.25) is 5.91 Å². The van der Waals surface area contributed by atoms with Crippen molar-refractivity contribution < 1.29 is 4.79 Å². The minimum absolute atomic E-state index is 0.274. The second-order valence-corrected chi connectivity index (χ2v) is 7.19. The van der Waals surface area contributed by atoms with Crippen LogP contribution in [-0.2, 0) is 11.3 Å². The Bertz CT molecular complexity index is 486. The van der Waals surface area contributed by atoms with Gasteiger partial charge in [0.25, 0.3) is 0 Å². The summed E-state index contributed by atoms with van der Waals surface area (Å²) in [7, 11) is 2.18. The maximum absolute atomic E-state index is 12.4. The molecule has 1 aromatic carbocycles. The summed E-state index contributed by atoms with van der Waals surface area (Å²) in [5.41, 5.74) is 1.15. The molecule has 0 radical (unpaired) electrons. The number of hydrogen-bond acceptors (Lipinski definition) is 2. The maximum Gasteiger partial charge on any atom is 0.222 e. The summed E-state index contributed by atoms with van der Waals surface area (Å²) >= 11 is 5.92. The molecule has 22 heavy (non-hydrogen) atoms. The number of rotatable bonds is 5. The van der Waals surface area contributed by atoms with Crippen LogP contribution in [0.3, 0.4) is 0 Å². The molecule has 3 nitrogen and oxygen atoms in total. The number of halogens is 1. The molecule has 122 valence electrons. The summed E-state index contributed by atoms with van der Waals surface area (Å²) in [5.74, 6) is 0.935. The minimum Gasteiger partial charge on any atom is -0.338 e. The molecule has 0 saturated carbocycles. The van der Waals surface area contributed by atoms with Gasteiger partial charge < -0.3 is 9.80 Å². The normalized spacial score (nSPS) is 19.8. The Morgan fingerprint density at radius 2 is 1.95 bits per heavy atom. The number of amides is 1. The van der Waals surface area contributed by atoms with Crippen molar-refractivity contribution in [2.75, 3.05) is 20.1 Å². The van der Waals surface area contributed by atoms with Crippen molar-refractivity contribution in [1.82, 2.24) is 9.80 Å². The monoisotopic (exact) mass is 322 g/mol. The molecule has 0 aliphatic carbocycles. The molecule has 0 N–H and O–H groups in total. The third-order valence-corrected chi connectivity index (χ3v) is 4.59. The predicted molar refractivity (Wildman–Crippen MR) is 92.0 cm³/mol. The molecule has 1 fully saturated rings. The number of benzene rings is 1. The third kappa shape index (κ3) is 4.99. The number of carbonyl (C=O) groups is 1. The fraction of sp³-hybridized carbons (Fsp3) is 0.611. The van der Waals surface area contributed by atoms with Gasteiger partial charge in [0, 0.05) is 37.1 Å². The van der Waals surface area contributed by atoms with Gasteiger partial charge in [-0.05, 0) is 43.5 Å². The Labute approximate surface area is 139 Å². The molecule has 1 unspecified atom stereocenters. The first-order chi connectivity index (χ1) is 10.5. The molecule has 1 aliphatic heterocycles. The summed E-state index contributed by atoms with van der Waals surface area (Å²) in [5, 5.41) is 0.737. The van der Waals surface area contributed by atoms with Gasteiger partial charge in [0.05, 0.1) is 0 Å². The third-order valence-electron chi connectivity index (χ3n) is 4.34. The largest absolute Gasteiger partial charge is 0.338 e.